The SMILES string of the molecule is COc1ccc(Br)cc1C=C(C#N)C(=O)Nc1ccc([N+](=O)[O-])cc1Cl. The normalized spacial score (nSPS) is 10.8. The molecule has 0 aliphatic rings. The Morgan fingerprint density at radius 3 is 2.69 bits per heavy atom. The van der Waals surface area contributed by atoms with Crippen molar-refractivity contribution in [2.45, 2.75) is 0 Å². The number of amides is 1. The van der Waals surface area contributed by atoms with Crippen LogP contribution in [0, 0.1) is 21.4 Å². The van der Waals surface area contributed by atoms with E-state index in [1.165, 1.54) is 25.3 Å². The van der Waals surface area contributed by atoms with Gasteiger partial charge >= 0.3 is 0 Å². The van der Waals surface area contributed by atoms with Crippen LogP contribution >= 0.6 is 27.5 Å². The number of benzene rings is 2. The molecule has 1 amide bonds. The number of nitriles is 1. The summed E-state index contributed by atoms with van der Waals surface area (Å²) in [4.78, 5) is 22.5. The largest absolute Gasteiger partial charge is 0.496 e. The minimum atomic E-state index is -0.703. The molecule has 0 atom stereocenters. The highest BCUT2D eigenvalue weighted by atomic mass is 79.9. The van der Waals surface area contributed by atoms with Crippen molar-refractivity contribution in [3.05, 3.63) is 67.1 Å². The molecule has 1 N–H and O–H groups in total. The number of non-ortho nitro benzene ring substituents is 1. The molecular weight excluding hydrogens is 426 g/mol. The van der Waals surface area contributed by atoms with Gasteiger partial charge in [0, 0.05) is 22.2 Å². The Kier molecular flexibility index (Phi) is 6.33. The number of nitrogens with one attached hydrogen (secondary N) is 1. The van der Waals surface area contributed by atoms with Crippen molar-refractivity contribution in [1.82, 2.24) is 0 Å². The number of nitro benzene ring substituents is 1. The molecule has 0 radical (unpaired) electrons. The Bertz CT molecular complexity index is 954. The number of hydrogen-bond donors (Lipinski definition) is 1. The van der Waals surface area contributed by atoms with Crippen LogP contribution in [0.2, 0.25) is 5.02 Å². The Hall–Kier alpha value is -2.89. The number of methoxy groups -OCH3 is 1. The molecule has 0 aromatic heterocycles. The molecule has 0 saturated heterocycles. The minimum Gasteiger partial charge on any atom is -0.496 e. The van der Waals surface area contributed by atoms with E-state index in [1.807, 2.05) is 6.07 Å². The molecule has 0 unspecified atom stereocenters. The van der Waals surface area contributed by atoms with Crippen LogP contribution in [-0.2, 0) is 4.79 Å². The van der Waals surface area contributed by atoms with Gasteiger partial charge in [-0.3, -0.25) is 14.9 Å². The zero-order valence-corrected chi connectivity index (χ0v) is 15.7. The van der Waals surface area contributed by atoms with Gasteiger partial charge in [0.25, 0.3) is 11.6 Å². The van der Waals surface area contributed by atoms with Crippen LogP contribution in [0.5, 0.6) is 5.75 Å². The van der Waals surface area contributed by atoms with Gasteiger partial charge in [-0.1, -0.05) is 27.5 Å². The standard InChI is InChI=1S/C17H11BrClN3O4/c1-26-16-5-2-12(18)7-10(16)6-11(9-20)17(23)21-15-4-3-13(22(24)25)8-14(15)19/h2-8H,1H3,(H,21,23). The summed E-state index contributed by atoms with van der Waals surface area (Å²) < 4.78 is 5.96. The fraction of sp³-hybridized carbons (Fsp3) is 0.0588. The van der Waals surface area contributed by atoms with E-state index in [4.69, 9.17) is 16.3 Å². The maximum atomic E-state index is 12.4. The highest BCUT2D eigenvalue weighted by Gasteiger charge is 2.15. The molecule has 2 aromatic rings. The first-order valence-electron chi connectivity index (χ1n) is 7.06. The van der Waals surface area contributed by atoms with E-state index < -0.39 is 10.8 Å². The Labute approximate surface area is 162 Å². The molecule has 0 bridgehead atoms. The average molecular weight is 437 g/mol. The van der Waals surface area contributed by atoms with Crippen LogP contribution in [0.4, 0.5) is 11.4 Å². The molecule has 0 fully saturated rings. The summed E-state index contributed by atoms with van der Waals surface area (Å²) in [5.74, 6) is -0.215. The Morgan fingerprint density at radius 2 is 2.12 bits per heavy atom. The summed E-state index contributed by atoms with van der Waals surface area (Å²) >= 11 is 9.26. The molecule has 0 spiro atoms. The molecule has 2 rings (SSSR count). The molecule has 2 aromatic carbocycles. The summed E-state index contributed by atoms with van der Waals surface area (Å²) in [5, 5.41) is 22.5. The summed E-state index contributed by atoms with van der Waals surface area (Å²) in [7, 11) is 1.48. The van der Waals surface area contributed by atoms with E-state index in [-0.39, 0.29) is 22.0 Å². The van der Waals surface area contributed by atoms with Crippen molar-refractivity contribution in [2.24, 2.45) is 0 Å². The van der Waals surface area contributed by atoms with Crippen molar-refractivity contribution in [2.75, 3.05) is 12.4 Å². The van der Waals surface area contributed by atoms with Gasteiger partial charge in [-0.25, -0.2) is 0 Å². The fourth-order valence-corrected chi connectivity index (χ4v) is 2.63. The molecule has 132 valence electrons. The third kappa shape index (κ3) is 4.59. The molecule has 0 aliphatic carbocycles. The number of rotatable bonds is 5. The quantitative estimate of drug-likeness (QED) is 0.320. The predicted molar refractivity (Wildman–Crippen MR) is 101 cm³/mol. The third-order valence-electron chi connectivity index (χ3n) is 3.27. The number of nitrogens with zero attached hydrogens (tertiary/aromatic N) is 2. The van der Waals surface area contributed by atoms with Gasteiger partial charge in [0.2, 0.25) is 0 Å². The molecule has 9 heteroatoms. The van der Waals surface area contributed by atoms with Gasteiger partial charge in [-0.2, -0.15) is 5.26 Å². The number of hydrogen-bond acceptors (Lipinski definition) is 5. The Balaban J connectivity index is 2.32. The van der Waals surface area contributed by atoms with Crippen molar-refractivity contribution >= 4 is 50.9 Å². The number of carbonyl (C=O) groups excluding carboxylic acids is 1. The van der Waals surface area contributed by atoms with Gasteiger partial charge in [-0.05, 0) is 30.3 Å². The average Bonchev–Trinajstić information content (AvgIpc) is 2.61. The summed E-state index contributed by atoms with van der Waals surface area (Å²) in [6.45, 7) is 0. The highest BCUT2D eigenvalue weighted by molar-refractivity contribution is 9.10. The monoisotopic (exact) mass is 435 g/mol. The second kappa shape index (κ2) is 8.47. The number of carbonyl (C=O) groups is 1. The first kappa shape index (κ1) is 19.4. The fourth-order valence-electron chi connectivity index (χ4n) is 2.03. The minimum absolute atomic E-state index is 0.00937. The topological polar surface area (TPSA) is 105 Å². The first-order chi connectivity index (χ1) is 12.3. The second-order valence-electron chi connectivity index (χ2n) is 4.93. The lowest BCUT2D eigenvalue weighted by Gasteiger charge is -2.08. The van der Waals surface area contributed by atoms with Crippen LogP contribution < -0.4 is 10.1 Å². The van der Waals surface area contributed by atoms with Crippen molar-refractivity contribution in [3.63, 3.8) is 0 Å². The molecular formula is C17H11BrClN3O4. The van der Waals surface area contributed by atoms with Crippen molar-refractivity contribution in [1.29, 1.82) is 5.26 Å². The Morgan fingerprint density at radius 1 is 1.38 bits per heavy atom. The number of ether oxygens (including phenoxy) is 1. The number of halogens is 2. The van der Waals surface area contributed by atoms with Crippen LogP contribution in [0.15, 0.2) is 46.4 Å². The highest BCUT2D eigenvalue weighted by Crippen LogP contribution is 2.28. The van der Waals surface area contributed by atoms with E-state index in [9.17, 15) is 20.2 Å². The van der Waals surface area contributed by atoms with Gasteiger partial charge in [0.05, 0.1) is 22.7 Å². The van der Waals surface area contributed by atoms with E-state index in [0.717, 1.165) is 10.5 Å². The lowest BCUT2D eigenvalue weighted by molar-refractivity contribution is -0.384. The third-order valence-corrected chi connectivity index (χ3v) is 4.07. The summed E-state index contributed by atoms with van der Waals surface area (Å²) in [6.07, 6.45) is 1.37. The van der Waals surface area contributed by atoms with E-state index in [1.54, 1.807) is 18.2 Å². The number of anilines is 1. The summed E-state index contributed by atoms with van der Waals surface area (Å²) in [6, 6.07) is 10.6. The summed E-state index contributed by atoms with van der Waals surface area (Å²) in [5.41, 5.74) is 0.298. The smallest absolute Gasteiger partial charge is 0.271 e. The molecule has 7 nitrogen and oxygen atoms in total. The van der Waals surface area contributed by atoms with Crippen molar-refractivity contribution < 1.29 is 14.5 Å². The molecule has 26 heavy (non-hydrogen) atoms. The number of nitro groups is 1. The van der Waals surface area contributed by atoms with E-state index >= 15 is 0 Å². The maximum Gasteiger partial charge on any atom is 0.271 e. The van der Waals surface area contributed by atoms with Gasteiger partial charge in [0.1, 0.15) is 17.4 Å². The lowest BCUT2D eigenvalue weighted by Crippen LogP contribution is -2.14. The van der Waals surface area contributed by atoms with Crippen LogP contribution in [0.1, 0.15) is 5.56 Å². The lowest BCUT2D eigenvalue weighted by atomic mass is 10.1. The maximum absolute atomic E-state index is 12.4. The van der Waals surface area contributed by atoms with Crippen LogP contribution in [0.3, 0.4) is 0 Å². The van der Waals surface area contributed by atoms with Gasteiger partial charge < -0.3 is 10.1 Å². The molecule has 0 aliphatic heterocycles. The zero-order valence-electron chi connectivity index (χ0n) is 13.3. The van der Waals surface area contributed by atoms with Crippen LogP contribution in [0.25, 0.3) is 6.08 Å². The van der Waals surface area contributed by atoms with E-state index in [0.29, 0.717) is 11.3 Å². The molecule has 0 heterocycles. The second-order valence-corrected chi connectivity index (χ2v) is 6.25. The van der Waals surface area contributed by atoms with Crippen LogP contribution in [-0.4, -0.2) is 17.9 Å². The molecule has 0 saturated carbocycles. The first-order valence-corrected chi connectivity index (χ1v) is 8.23. The van der Waals surface area contributed by atoms with E-state index in [2.05, 4.69) is 21.2 Å². The van der Waals surface area contributed by atoms with Crippen molar-refractivity contribution in [3.8, 4) is 11.8 Å². The predicted octanol–water partition coefficient (Wildman–Crippen LogP) is 4.56. The van der Waals surface area contributed by atoms with Gasteiger partial charge in [-0.15, -0.1) is 0 Å². The van der Waals surface area contributed by atoms with Gasteiger partial charge in [0.15, 0.2) is 0 Å². The zero-order chi connectivity index (χ0) is 19.3.